The van der Waals surface area contributed by atoms with Crippen molar-refractivity contribution in [1.29, 1.82) is 0 Å². The Morgan fingerprint density at radius 1 is 0.750 bits per heavy atom. The summed E-state index contributed by atoms with van der Waals surface area (Å²) in [6.07, 6.45) is 6.79. The van der Waals surface area contributed by atoms with Crippen molar-refractivity contribution >= 4 is 21.6 Å². The molecule has 0 aliphatic heterocycles. The van der Waals surface area contributed by atoms with E-state index in [1.807, 2.05) is 21.6 Å². The fraction of sp³-hybridized carbons (Fsp3) is 1.00. The molecule has 4 heteroatoms. The largest absolute Gasteiger partial charge is 0.392 e. The molecule has 138 valence electrons. The lowest BCUT2D eigenvalue weighted by Crippen LogP contribution is -2.41. The molecule has 0 radical (unpaired) electrons. The van der Waals surface area contributed by atoms with E-state index in [0.717, 1.165) is 24.3 Å². The lowest BCUT2D eigenvalue weighted by atomic mass is 9.70. The van der Waals surface area contributed by atoms with Crippen molar-refractivity contribution in [2.45, 2.75) is 78.4 Å². The smallest absolute Gasteiger partial charge is 0.0612 e. The van der Waals surface area contributed by atoms with E-state index in [-0.39, 0.29) is 33.9 Å². The first-order valence-corrected chi connectivity index (χ1v) is 12.3. The SMILES string of the molecule is CC1(C)C2CCC1(CSSCC13CCC(CC1O)C3(C)C)C(O)C2. The number of hydrogen-bond donors (Lipinski definition) is 2. The Balaban J connectivity index is 1.39. The normalized spacial score (nSPS) is 50.8. The van der Waals surface area contributed by atoms with Crippen molar-refractivity contribution in [1.82, 2.24) is 0 Å². The van der Waals surface area contributed by atoms with Gasteiger partial charge in [0.2, 0.25) is 0 Å². The van der Waals surface area contributed by atoms with Gasteiger partial charge in [0, 0.05) is 22.3 Å². The van der Waals surface area contributed by atoms with Crippen LogP contribution >= 0.6 is 21.6 Å². The number of fused-ring (bicyclic) bond motifs is 4. The molecule has 0 heterocycles. The van der Waals surface area contributed by atoms with Gasteiger partial charge in [-0.2, -0.15) is 0 Å². The second kappa shape index (κ2) is 5.56. The Kier molecular flexibility index (Phi) is 4.17. The van der Waals surface area contributed by atoms with Crippen LogP contribution in [0.2, 0.25) is 0 Å². The molecule has 0 aromatic rings. The first-order valence-electron chi connectivity index (χ1n) is 9.78. The average molecular weight is 371 g/mol. The number of aliphatic hydroxyl groups is 2. The van der Waals surface area contributed by atoms with E-state index in [1.54, 1.807) is 0 Å². The zero-order chi connectivity index (χ0) is 17.4. The third-order valence-corrected chi connectivity index (χ3v) is 12.1. The molecule has 4 rings (SSSR count). The summed E-state index contributed by atoms with van der Waals surface area (Å²) in [6.45, 7) is 9.54. The second-order valence-corrected chi connectivity index (χ2v) is 12.7. The minimum atomic E-state index is -0.109. The van der Waals surface area contributed by atoms with Gasteiger partial charge in [0.25, 0.3) is 0 Å². The molecule has 2 nitrogen and oxygen atoms in total. The fourth-order valence-corrected chi connectivity index (χ4v) is 10.8. The van der Waals surface area contributed by atoms with Gasteiger partial charge < -0.3 is 10.2 Å². The summed E-state index contributed by atoms with van der Waals surface area (Å²) in [6, 6.07) is 0. The van der Waals surface area contributed by atoms with Gasteiger partial charge in [0.15, 0.2) is 0 Å². The molecule has 2 N–H and O–H groups in total. The van der Waals surface area contributed by atoms with E-state index in [9.17, 15) is 10.2 Å². The number of hydrogen-bond acceptors (Lipinski definition) is 4. The Labute approximate surface area is 155 Å². The predicted molar refractivity (Wildman–Crippen MR) is 104 cm³/mol. The Morgan fingerprint density at radius 3 is 1.38 bits per heavy atom. The van der Waals surface area contributed by atoms with Gasteiger partial charge in [-0.3, -0.25) is 0 Å². The summed E-state index contributed by atoms with van der Waals surface area (Å²) in [5.74, 6) is 3.56. The van der Waals surface area contributed by atoms with E-state index >= 15 is 0 Å². The van der Waals surface area contributed by atoms with Crippen LogP contribution in [0.3, 0.4) is 0 Å². The lowest BCUT2D eigenvalue weighted by molar-refractivity contribution is 0.0162. The summed E-state index contributed by atoms with van der Waals surface area (Å²) in [5, 5.41) is 21.4. The van der Waals surface area contributed by atoms with Crippen LogP contribution in [0.4, 0.5) is 0 Å². The molecule has 4 aliphatic carbocycles. The molecule has 0 saturated heterocycles. The summed E-state index contributed by atoms with van der Waals surface area (Å²) < 4.78 is 0. The number of rotatable bonds is 5. The molecule has 4 aliphatic rings. The highest BCUT2D eigenvalue weighted by Crippen LogP contribution is 2.69. The fourth-order valence-electron chi connectivity index (χ4n) is 7.05. The predicted octanol–water partition coefficient (Wildman–Crippen LogP) is 4.74. The molecule has 6 unspecified atom stereocenters. The lowest BCUT2D eigenvalue weighted by Gasteiger charge is -2.42. The standard InChI is InChI=1S/C20H34O2S2/c1-17(2)13-5-7-19(17,15(21)9-13)11-23-24-12-20-8-6-14(10-16(20)22)18(20,3)4/h13-16,21-22H,5-12H2,1-4H3. The Hall–Kier alpha value is 0.620. The van der Waals surface area contributed by atoms with Crippen molar-refractivity contribution < 1.29 is 10.2 Å². The summed E-state index contributed by atoms with van der Waals surface area (Å²) >= 11 is 0. The topological polar surface area (TPSA) is 40.5 Å². The van der Waals surface area contributed by atoms with Crippen LogP contribution in [0, 0.1) is 33.5 Å². The third kappa shape index (κ3) is 2.06. The first kappa shape index (κ1) is 18.0. The van der Waals surface area contributed by atoms with Crippen LogP contribution in [-0.4, -0.2) is 33.9 Å². The highest BCUT2D eigenvalue weighted by atomic mass is 33.1. The van der Waals surface area contributed by atoms with Crippen molar-refractivity contribution in [3.05, 3.63) is 0 Å². The molecule has 6 atom stereocenters. The van der Waals surface area contributed by atoms with Gasteiger partial charge in [0.1, 0.15) is 0 Å². The summed E-state index contributed by atoms with van der Waals surface area (Å²) in [4.78, 5) is 0. The van der Waals surface area contributed by atoms with Gasteiger partial charge in [-0.25, -0.2) is 0 Å². The van der Waals surface area contributed by atoms with Crippen LogP contribution in [0.5, 0.6) is 0 Å². The Bertz CT molecular complexity index is 474. The van der Waals surface area contributed by atoms with Crippen molar-refractivity contribution in [2.24, 2.45) is 33.5 Å². The van der Waals surface area contributed by atoms with Crippen LogP contribution < -0.4 is 0 Å². The second-order valence-electron chi connectivity index (χ2n) is 10.3. The molecule has 4 saturated carbocycles. The van der Waals surface area contributed by atoms with Crippen LogP contribution in [0.1, 0.15) is 66.2 Å². The molecule has 0 aromatic carbocycles. The highest BCUT2D eigenvalue weighted by Gasteiger charge is 2.65. The molecule has 24 heavy (non-hydrogen) atoms. The van der Waals surface area contributed by atoms with Crippen molar-refractivity contribution in [3.8, 4) is 0 Å². The van der Waals surface area contributed by atoms with Gasteiger partial charge in [-0.15, -0.1) is 0 Å². The van der Waals surface area contributed by atoms with Gasteiger partial charge in [-0.1, -0.05) is 49.3 Å². The zero-order valence-corrected chi connectivity index (χ0v) is 17.3. The quantitative estimate of drug-likeness (QED) is 0.541. The minimum Gasteiger partial charge on any atom is -0.392 e. The average Bonchev–Trinajstić information content (AvgIpc) is 3.04. The minimum absolute atomic E-state index is 0.109. The maximum absolute atomic E-state index is 10.7. The van der Waals surface area contributed by atoms with Crippen LogP contribution in [0.25, 0.3) is 0 Å². The summed E-state index contributed by atoms with van der Waals surface area (Å²) in [5.41, 5.74) is 0.801. The molecular formula is C20H34O2S2. The Morgan fingerprint density at radius 2 is 1.12 bits per heavy atom. The molecular weight excluding hydrogens is 336 g/mol. The van der Waals surface area contributed by atoms with Gasteiger partial charge >= 0.3 is 0 Å². The monoisotopic (exact) mass is 370 g/mol. The van der Waals surface area contributed by atoms with Crippen LogP contribution in [-0.2, 0) is 0 Å². The maximum atomic E-state index is 10.7. The first-order chi connectivity index (χ1) is 11.2. The van der Waals surface area contributed by atoms with E-state index < -0.39 is 0 Å². The third-order valence-electron chi connectivity index (χ3n) is 9.49. The van der Waals surface area contributed by atoms with E-state index in [1.165, 1.54) is 25.7 Å². The molecule has 4 bridgehead atoms. The van der Waals surface area contributed by atoms with E-state index in [0.29, 0.717) is 11.8 Å². The van der Waals surface area contributed by atoms with Crippen molar-refractivity contribution in [2.75, 3.05) is 11.5 Å². The van der Waals surface area contributed by atoms with Crippen LogP contribution in [0.15, 0.2) is 0 Å². The maximum Gasteiger partial charge on any atom is 0.0612 e. The highest BCUT2D eigenvalue weighted by molar-refractivity contribution is 8.76. The zero-order valence-electron chi connectivity index (χ0n) is 15.7. The summed E-state index contributed by atoms with van der Waals surface area (Å²) in [7, 11) is 3.95. The van der Waals surface area contributed by atoms with Crippen molar-refractivity contribution in [3.63, 3.8) is 0 Å². The molecule has 4 fully saturated rings. The van der Waals surface area contributed by atoms with Gasteiger partial charge in [0.05, 0.1) is 12.2 Å². The van der Waals surface area contributed by atoms with E-state index in [4.69, 9.17) is 0 Å². The molecule has 0 aromatic heterocycles. The number of aliphatic hydroxyl groups excluding tert-OH is 2. The van der Waals surface area contributed by atoms with Gasteiger partial charge in [-0.05, 0) is 61.2 Å². The molecule has 0 amide bonds. The molecule has 0 spiro atoms. The van der Waals surface area contributed by atoms with E-state index in [2.05, 4.69) is 27.7 Å².